The maximum Gasteiger partial charge on any atom is 0.191 e. The molecule has 0 aliphatic carbocycles. The van der Waals surface area contributed by atoms with Crippen molar-refractivity contribution in [3.05, 3.63) is 52.5 Å². The van der Waals surface area contributed by atoms with Gasteiger partial charge in [-0.1, -0.05) is 19.1 Å². The fraction of sp³-hybridized carbons (Fsp3) is 0.476. The molecule has 0 bridgehead atoms. The Bertz CT molecular complexity index is 724. The lowest BCUT2D eigenvalue weighted by Crippen LogP contribution is -2.48. The molecule has 1 aromatic carbocycles. The Morgan fingerprint density at radius 1 is 1.30 bits per heavy atom. The number of benzene rings is 1. The quantitative estimate of drug-likeness (QED) is 0.575. The monoisotopic (exact) mass is 388 g/mol. The van der Waals surface area contributed by atoms with Crippen molar-refractivity contribution in [1.82, 2.24) is 10.6 Å². The zero-order valence-corrected chi connectivity index (χ0v) is 16.9. The van der Waals surface area contributed by atoms with Crippen molar-refractivity contribution in [3.8, 4) is 0 Å². The minimum Gasteiger partial charge on any atom is -0.371 e. The molecule has 1 aliphatic heterocycles. The lowest BCUT2D eigenvalue weighted by molar-refractivity contribution is 0.461. The first-order valence-electron chi connectivity index (χ1n) is 9.74. The van der Waals surface area contributed by atoms with E-state index in [1.165, 1.54) is 10.9 Å². The van der Waals surface area contributed by atoms with Gasteiger partial charge in [-0.25, -0.2) is 4.39 Å². The maximum absolute atomic E-state index is 13.4. The van der Waals surface area contributed by atoms with Crippen molar-refractivity contribution in [1.29, 1.82) is 0 Å². The van der Waals surface area contributed by atoms with Crippen molar-refractivity contribution in [2.75, 3.05) is 31.1 Å². The standard InChI is InChI=1S/C21H29FN4S/c1-3-23-21(24-15-16(2)20-8-5-13-27-20)25-18-9-11-26(12-10-18)19-7-4-6-17(22)14-19/h4-8,13-14,16,18H,3,9-12,15H2,1-2H3,(H2,23,24,25). The van der Waals surface area contributed by atoms with Crippen LogP contribution in [0.3, 0.4) is 0 Å². The maximum atomic E-state index is 13.4. The number of aliphatic imine (C=N–C) groups is 1. The van der Waals surface area contributed by atoms with Crippen molar-refractivity contribution in [3.63, 3.8) is 0 Å². The van der Waals surface area contributed by atoms with Crippen molar-refractivity contribution < 1.29 is 4.39 Å². The molecule has 2 N–H and O–H groups in total. The summed E-state index contributed by atoms with van der Waals surface area (Å²) in [6.45, 7) is 7.78. The summed E-state index contributed by atoms with van der Waals surface area (Å²) in [7, 11) is 0. The molecule has 2 aromatic rings. The first kappa shape index (κ1) is 19.7. The molecule has 1 saturated heterocycles. The van der Waals surface area contributed by atoms with E-state index in [-0.39, 0.29) is 5.82 Å². The predicted molar refractivity (Wildman–Crippen MR) is 113 cm³/mol. The summed E-state index contributed by atoms with van der Waals surface area (Å²) in [6.07, 6.45) is 2.03. The van der Waals surface area contributed by atoms with Gasteiger partial charge in [0.15, 0.2) is 5.96 Å². The molecule has 0 radical (unpaired) electrons. The van der Waals surface area contributed by atoms with E-state index in [9.17, 15) is 4.39 Å². The van der Waals surface area contributed by atoms with Gasteiger partial charge in [0, 0.05) is 42.2 Å². The molecule has 6 heteroatoms. The molecule has 1 aliphatic rings. The second kappa shape index (κ2) is 9.74. The molecule has 2 heterocycles. The summed E-state index contributed by atoms with van der Waals surface area (Å²) in [5.41, 5.74) is 0.971. The Balaban J connectivity index is 1.52. The summed E-state index contributed by atoms with van der Waals surface area (Å²) in [4.78, 5) is 8.42. The molecule has 3 rings (SSSR count). The van der Waals surface area contributed by atoms with Crippen LogP contribution in [0.1, 0.15) is 37.5 Å². The molecule has 27 heavy (non-hydrogen) atoms. The SMILES string of the molecule is CCNC(=NCC(C)c1cccs1)NC1CCN(c2cccc(F)c2)CC1. The normalized spacial score (nSPS) is 17.0. The zero-order valence-electron chi connectivity index (χ0n) is 16.1. The van der Waals surface area contributed by atoms with Crippen LogP contribution in [0.5, 0.6) is 0 Å². The zero-order chi connectivity index (χ0) is 19.1. The lowest BCUT2D eigenvalue weighted by atomic mass is 10.0. The second-order valence-electron chi connectivity index (χ2n) is 7.02. The van der Waals surface area contributed by atoms with E-state index in [4.69, 9.17) is 4.99 Å². The summed E-state index contributed by atoms with van der Waals surface area (Å²) in [5, 5.41) is 9.06. The highest BCUT2D eigenvalue weighted by molar-refractivity contribution is 7.10. The molecule has 1 unspecified atom stereocenters. The largest absolute Gasteiger partial charge is 0.371 e. The predicted octanol–water partition coefficient (Wildman–Crippen LogP) is 4.21. The third-order valence-electron chi connectivity index (χ3n) is 4.91. The van der Waals surface area contributed by atoms with Crippen LogP contribution in [-0.2, 0) is 0 Å². The van der Waals surface area contributed by atoms with E-state index >= 15 is 0 Å². The Hall–Kier alpha value is -2.08. The van der Waals surface area contributed by atoms with Crippen LogP contribution in [0.4, 0.5) is 10.1 Å². The van der Waals surface area contributed by atoms with Gasteiger partial charge in [0.2, 0.25) is 0 Å². The van der Waals surface area contributed by atoms with E-state index in [2.05, 4.69) is 46.9 Å². The Morgan fingerprint density at radius 3 is 2.78 bits per heavy atom. The molecule has 146 valence electrons. The average molecular weight is 389 g/mol. The number of guanidine groups is 1. The van der Waals surface area contributed by atoms with Crippen molar-refractivity contribution in [2.45, 2.75) is 38.6 Å². The molecule has 1 fully saturated rings. The first-order chi connectivity index (χ1) is 13.2. The van der Waals surface area contributed by atoms with Crippen LogP contribution in [0.15, 0.2) is 46.8 Å². The molecule has 0 saturated carbocycles. The second-order valence-corrected chi connectivity index (χ2v) is 8.00. The summed E-state index contributed by atoms with van der Waals surface area (Å²) < 4.78 is 13.4. The summed E-state index contributed by atoms with van der Waals surface area (Å²) >= 11 is 1.79. The van der Waals surface area contributed by atoms with E-state index < -0.39 is 0 Å². The third-order valence-corrected chi connectivity index (χ3v) is 6.01. The highest BCUT2D eigenvalue weighted by Gasteiger charge is 2.20. The summed E-state index contributed by atoms with van der Waals surface area (Å²) in [6, 6.07) is 11.5. The molecule has 1 atom stereocenters. The number of nitrogens with zero attached hydrogens (tertiary/aromatic N) is 2. The van der Waals surface area contributed by atoms with Crippen molar-refractivity contribution >= 4 is 23.0 Å². The highest BCUT2D eigenvalue weighted by Crippen LogP contribution is 2.22. The Labute approximate surface area is 165 Å². The van der Waals surface area contributed by atoms with Gasteiger partial charge in [0.25, 0.3) is 0 Å². The fourth-order valence-corrected chi connectivity index (χ4v) is 4.14. The van der Waals surface area contributed by atoms with Crippen LogP contribution < -0.4 is 15.5 Å². The van der Waals surface area contributed by atoms with Gasteiger partial charge < -0.3 is 15.5 Å². The average Bonchev–Trinajstić information content (AvgIpc) is 3.21. The van der Waals surface area contributed by atoms with E-state index in [0.717, 1.165) is 50.7 Å². The first-order valence-corrected chi connectivity index (χ1v) is 10.6. The van der Waals surface area contributed by atoms with Gasteiger partial charge in [-0.15, -0.1) is 11.3 Å². The third kappa shape index (κ3) is 5.70. The number of nitrogens with one attached hydrogen (secondary N) is 2. The van der Waals surface area contributed by atoms with Gasteiger partial charge in [-0.2, -0.15) is 0 Å². The Morgan fingerprint density at radius 2 is 2.11 bits per heavy atom. The molecule has 0 amide bonds. The van der Waals surface area contributed by atoms with Gasteiger partial charge in [0.1, 0.15) is 5.82 Å². The van der Waals surface area contributed by atoms with E-state index in [0.29, 0.717) is 12.0 Å². The molecule has 4 nitrogen and oxygen atoms in total. The topological polar surface area (TPSA) is 39.7 Å². The number of rotatable bonds is 6. The summed E-state index contributed by atoms with van der Waals surface area (Å²) in [5.74, 6) is 1.15. The van der Waals surface area contributed by atoms with Crippen LogP contribution in [0, 0.1) is 5.82 Å². The molecular weight excluding hydrogens is 359 g/mol. The molecular formula is C21H29FN4S. The number of hydrogen-bond acceptors (Lipinski definition) is 3. The number of hydrogen-bond donors (Lipinski definition) is 2. The number of halogens is 1. The van der Waals surface area contributed by atoms with E-state index in [1.807, 2.05) is 6.07 Å². The number of thiophene rings is 1. The van der Waals surface area contributed by atoms with Crippen LogP contribution in [0.25, 0.3) is 0 Å². The molecule has 0 spiro atoms. The lowest BCUT2D eigenvalue weighted by Gasteiger charge is -2.34. The van der Waals surface area contributed by atoms with Gasteiger partial charge in [0.05, 0.1) is 6.54 Å². The van der Waals surface area contributed by atoms with Crippen LogP contribution in [0.2, 0.25) is 0 Å². The Kier molecular flexibility index (Phi) is 7.10. The minimum atomic E-state index is -0.172. The highest BCUT2D eigenvalue weighted by atomic mass is 32.1. The van der Waals surface area contributed by atoms with Gasteiger partial charge >= 0.3 is 0 Å². The van der Waals surface area contributed by atoms with E-state index in [1.54, 1.807) is 23.5 Å². The van der Waals surface area contributed by atoms with Crippen LogP contribution in [-0.4, -0.2) is 38.2 Å². The van der Waals surface area contributed by atoms with Crippen molar-refractivity contribution in [2.24, 2.45) is 4.99 Å². The minimum absolute atomic E-state index is 0.172. The fourth-order valence-electron chi connectivity index (χ4n) is 3.36. The van der Waals surface area contributed by atoms with Gasteiger partial charge in [-0.05, 0) is 49.4 Å². The smallest absolute Gasteiger partial charge is 0.191 e. The molecule has 1 aromatic heterocycles. The van der Waals surface area contributed by atoms with Crippen LogP contribution >= 0.6 is 11.3 Å². The number of anilines is 1. The van der Waals surface area contributed by atoms with Gasteiger partial charge in [-0.3, -0.25) is 4.99 Å². The number of piperidine rings is 1.